The summed E-state index contributed by atoms with van der Waals surface area (Å²) in [6.07, 6.45) is -0.583. The second-order valence-electron chi connectivity index (χ2n) is 4.08. The smallest absolute Gasteiger partial charge is 0.280 e. The van der Waals surface area contributed by atoms with Crippen LogP contribution in [0.2, 0.25) is 0 Å². The van der Waals surface area contributed by atoms with Gasteiger partial charge in [0.25, 0.3) is 11.8 Å². The molecule has 0 aromatic carbocycles. The number of carbonyl (C=O) groups is 1. The van der Waals surface area contributed by atoms with E-state index in [0.29, 0.717) is 6.54 Å². The molecule has 2 rings (SSSR count). The Morgan fingerprint density at radius 3 is 2.73 bits per heavy atom. The number of amides is 1. The highest BCUT2D eigenvalue weighted by molar-refractivity contribution is 5.83. The minimum atomic E-state index is -2.89. The lowest BCUT2D eigenvalue weighted by atomic mass is 10.0. The van der Waals surface area contributed by atoms with Gasteiger partial charge in [-0.15, -0.1) is 0 Å². The average Bonchev–Trinajstić information content (AvgIpc) is 2.48. The van der Waals surface area contributed by atoms with E-state index in [9.17, 15) is 18.7 Å². The largest absolute Gasteiger partial charge is 0.383 e. The van der Waals surface area contributed by atoms with E-state index in [1.165, 1.54) is 0 Å². The number of halogens is 2. The highest BCUT2D eigenvalue weighted by atomic mass is 19.3. The molecule has 0 saturated carbocycles. The standard InChI is InChI=1S/C9H14F2N2O2/c10-9(11)5-12-3-1-7(9)13-4-2-6(14)8(13)15/h6-7,12,14H,1-5H2/t6-,7?/m1/s1. The summed E-state index contributed by atoms with van der Waals surface area (Å²) in [4.78, 5) is 12.5. The van der Waals surface area contributed by atoms with Crippen LogP contribution in [0.1, 0.15) is 12.8 Å². The highest BCUT2D eigenvalue weighted by Crippen LogP contribution is 2.30. The molecule has 4 nitrogen and oxygen atoms in total. The summed E-state index contributed by atoms with van der Waals surface area (Å²) in [6.45, 7) is 0.331. The fourth-order valence-corrected chi connectivity index (χ4v) is 2.20. The molecule has 1 unspecified atom stereocenters. The van der Waals surface area contributed by atoms with E-state index in [1.54, 1.807) is 0 Å². The summed E-state index contributed by atoms with van der Waals surface area (Å²) in [6, 6.07) is -1.05. The van der Waals surface area contributed by atoms with Gasteiger partial charge in [-0.1, -0.05) is 0 Å². The van der Waals surface area contributed by atoms with Gasteiger partial charge in [0.2, 0.25) is 0 Å². The van der Waals surface area contributed by atoms with Crippen LogP contribution in [0.15, 0.2) is 0 Å². The van der Waals surface area contributed by atoms with Crippen LogP contribution in [0.3, 0.4) is 0 Å². The van der Waals surface area contributed by atoms with E-state index in [2.05, 4.69) is 5.32 Å². The van der Waals surface area contributed by atoms with Crippen LogP contribution in [0.25, 0.3) is 0 Å². The molecular formula is C9H14F2N2O2. The number of rotatable bonds is 1. The molecule has 2 saturated heterocycles. The Balaban J connectivity index is 2.12. The van der Waals surface area contributed by atoms with Gasteiger partial charge in [-0.2, -0.15) is 0 Å². The monoisotopic (exact) mass is 220 g/mol. The zero-order chi connectivity index (χ0) is 11.1. The van der Waals surface area contributed by atoms with Crippen LogP contribution in [0, 0.1) is 0 Å². The van der Waals surface area contributed by atoms with Crippen molar-refractivity contribution < 1.29 is 18.7 Å². The predicted octanol–water partition coefficient (Wildman–Crippen LogP) is -0.423. The molecule has 2 heterocycles. The molecular weight excluding hydrogens is 206 g/mol. The van der Waals surface area contributed by atoms with Crippen molar-refractivity contribution in [3.63, 3.8) is 0 Å². The van der Waals surface area contributed by atoms with Crippen molar-refractivity contribution in [2.45, 2.75) is 30.9 Å². The van der Waals surface area contributed by atoms with Gasteiger partial charge in [0.05, 0.1) is 12.6 Å². The molecule has 1 amide bonds. The van der Waals surface area contributed by atoms with E-state index in [4.69, 9.17) is 0 Å². The van der Waals surface area contributed by atoms with Gasteiger partial charge in [0, 0.05) is 6.54 Å². The summed E-state index contributed by atoms with van der Waals surface area (Å²) in [5.74, 6) is -3.44. The number of piperidine rings is 1. The van der Waals surface area contributed by atoms with Crippen molar-refractivity contribution >= 4 is 5.91 Å². The Bertz CT molecular complexity index is 273. The zero-order valence-electron chi connectivity index (χ0n) is 8.25. The maximum Gasteiger partial charge on any atom is 0.280 e. The molecule has 2 aliphatic rings. The van der Waals surface area contributed by atoms with Crippen molar-refractivity contribution in [3.8, 4) is 0 Å². The first-order valence-corrected chi connectivity index (χ1v) is 5.09. The predicted molar refractivity (Wildman–Crippen MR) is 48.6 cm³/mol. The summed E-state index contributed by atoms with van der Waals surface area (Å²) in [5, 5.41) is 11.8. The molecule has 0 aromatic heterocycles. The van der Waals surface area contributed by atoms with Crippen molar-refractivity contribution in [2.24, 2.45) is 0 Å². The van der Waals surface area contributed by atoms with E-state index >= 15 is 0 Å². The van der Waals surface area contributed by atoms with Crippen LogP contribution >= 0.6 is 0 Å². The van der Waals surface area contributed by atoms with Crippen LogP contribution in [-0.2, 0) is 4.79 Å². The van der Waals surface area contributed by atoms with Gasteiger partial charge < -0.3 is 15.3 Å². The Morgan fingerprint density at radius 2 is 2.20 bits per heavy atom. The summed E-state index contributed by atoms with van der Waals surface area (Å²) in [7, 11) is 0. The lowest BCUT2D eigenvalue weighted by molar-refractivity contribution is -0.148. The fourth-order valence-electron chi connectivity index (χ4n) is 2.20. The number of carbonyl (C=O) groups excluding carboxylic acids is 1. The molecule has 0 aromatic rings. The number of nitrogens with zero attached hydrogens (tertiary/aromatic N) is 1. The average molecular weight is 220 g/mol. The molecule has 86 valence electrons. The fraction of sp³-hybridized carbons (Fsp3) is 0.889. The molecule has 0 aliphatic carbocycles. The lowest BCUT2D eigenvalue weighted by Gasteiger charge is -2.37. The Kier molecular flexibility index (Phi) is 2.64. The van der Waals surface area contributed by atoms with Gasteiger partial charge in [-0.25, -0.2) is 8.78 Å². The maximum absolute atomic E-state index is 13.5. The molecule has 2 fully saturated rings. The Labute approximate surface area is 86.2 Å². The first-order chi connectivity index (χ1) is 7.02. The van der Waals surface area contributed by atoms with Crippen LogP contribution in [0.5, 0.6) is 0 Å². The van der Waals surface area contributed by atoms with Gasteiger partial charge in [0.15, 0.2) is 0 Å². The van der Waals surface area contributed by atoms with E-state index in [-0.39, 0.29) is 19.4 Å². The first-order valence-electron chi connectivity index (χ1n) is 5.09. The number of alkyl halides is 2. The number of aliphatic hydroxyl groups excluding tert-OH is 1. The minimum Gasteiger partial charge on any atom is -0.383 e. The topological polar surface area (TPSA) is 52.6 Å². The zero-order valence-corrected chi connectivity index (χ0v) is 8.25. The quantitative estimate of drug-likeness (QED) is 0.631. The second kappa shape index (κ2) is 3.68. The van der Waals surface area contributed by atoms with Gasteiger partial charge in [-0.3, -0.25) is 4.79 Å². The van der Waals surface area contributed by atoms with Crippen molar-refractivity contribution in [1.29, 1.82) is 0 Å². The number of aliphatic hydroxyl groups is 1. The normalized spacial score (nSPS) is 35.9. The molecule has 6 heteroatoms. The first kappa shape index (κ1) is 10.8. The van der Waals surface area contributed by atoms with Crippen LogP contribution < -0.4 is 5.32 Å². The SMILES string of the molecule is O=C1[C@H](O)CCN1C1CCNCC1(F)F. The Hall–Kier alpha value is -0.750. The molecule has 15 heavy (non-hydrogen) atoms. The second-order valence-corrected chi connectivity index (χ2v) is 4.08. The number of nitrogens with one attached hydrogen (secondary N) is 1. The van der Waals surface area contributed by atoms with Gasteiger partial charge >= 0.3 is 0 Å². The maximum atomic E-state index is 13.5. The van der Waals surface area contributed by atoms with Crippen molar-refractivity contribution in [2.75, 3.05) is 19.6 Å². The van der Waals surface area contributed by atoms with Crippen LogP contribution in [-0.4, -0.2) is 53.6 Å². The van der Waals surface area contributed by atoms with E-state index < -0.39 is 30.5 Å². The van der Waals surface area contributed by atoms with Crippen LogP contribution in [0.4, 0.5) is 8.78 Å². The Morgan fingerprint density at radius 1 is 1.47 bits per heavy atom. The summed E-state index contributed by atoms with van der Waals surface area (Å²) in [5.41, 5.74) is 0. The lowest BCUT2D eigenvalue weighted by Crippen LogP contribution is -2.58. The van der Waals surface area contributed by atoms with E-state index in [0.717, 1.165) is 4.90 Å². The van der Waals surface area contributed by atoms with Crippen molar-refractivity contribution in [1.82, 2.24) is 10.2 Å². The summed E-state index contributed by atoms with van der Waals surface area (Å²) < 4.78 is 27.0. The number of hydrogen-bond acceptors (Lipinski definition) is 3. The molecule has 0 spiro atoms. The van der Waals surface area contributed by atoms with Gasteiger partial charge in [0.1, 0.15) is 6.10 Å². The third-order valence-electron chi connectivity index (χ3n) is 3.03. The van der Waals surface area contributed by atoms with Crippen molar-refractivity contribution in [3.05, 3.63) is 0 Å². The molecule has 0 radical (unpaired) electrons. The number of hydrogen-bond donors (Lipinski definition) is 2. The molecule has 2 N–H and O–H groups in total. The molecule has 0 bridgehead atoms. The highest BCUT2D eigenvalue weighted by Gasteiger charge is 2.49. The molecule has 2 aliphatic heterocycles. The third kappa shape index (κ3) is 1.83. The number of likely N-dealkylation sites (tertiary alicyclic amines) is 1. The summed E-state index contributed by atoms with van der Waals surface area (Å²) >= 11 is 0. The van der Waals surface area contributed by atoms with E-state index in [1.807, 2.05) is 0 Å². The molecule has 2 atom stereocenters. The van der Waals surface area contributed by atoms with Gasteiger partial charge in [-0.05, 0) is 19.4 Å². The minimum absolute atomic E-state index is 0.236. The third-order valence-corrected chi connectivity index (χ3v) is 3.03.